The molecule has 4 heteroatoms. The number of hydrogen-bond donors (Lipinski definition) is 2. The number of hydrogen-bond acceptors (Lipinski definition) is 2. The predicted octanol–water partition coefficient (Wildman–Crippen LogP) is 22.0. The van der Waals surface area contributed by atoms with E-state index in [-0.39, 0.29) is 5.92 Å². The first-order chi connectivity index (χ1) is 32.5. The van der Waals surface area contributed by atoms with Crippen LogP contribution < -0.4 is 0 Å². The molecule has 0 aromatic rings. The van der Waals surface area contributed by atoms with Crippen molar-refractivity contribution in [2.24, 2.45) is 5.92 Å². The summed E-state index contributed by atoms with van der Waals surface area (Å²) >= 11 is 0. The number of carboxylic acid groups (broad SMARTS) is 2. The predicted molar refractivity (Wildman–Crippen MR) is 294 cm³/mol. The number of carboxylic acids is 2. The van der Waals surface area contributed by atoms with Gasteiger partial charge in [-0.15, -0.1) is 0 Å². The number of unbranched alkanes of at least 4 members (excludes halogenated alkanes) is 41. The van der Waals surface area contributed by atoms with Crippen LogP contribution in [0, 0.1) is 5.92 Å². The SMILES string of the molecule is CCCCCCCC/C=C\CCCCCCCC(=O)O.CCCCCCCC/C=C\CCCCCCCCCCCCC(CCCCCCCCCC/C=C\CCCCCCCC)C(=O)O. The van der Waals surface area contributed by atoms with Crippen LogP contribution in [0.15, 0.2) is 36.5 Å². The van der Waals surface area contributed by atoms with Gasteiger partial charge in [0.2, 0.25) is 0 Å². The van der Waals surface area contributed by atoms with Crippen LogP contribution in [0.3, 0.4) is 0 Å². The number of aliphatic carboxylic acids is 2. The van der Waals surface area contributed by atoms with E-state index in [4.69, 9.17) is 5.11 Å². The topological polar surface area (TPSA) is 74.6 Å². The van der Waals surface area contributed by atoms with Crippen molar-refractivity contribution in [1.82, 2.24) is 0 Å². The Labute approximate surface area is 414 Å². The average Bonchev–Trinajstić information content (AvgIpc) is 3.31. The molecule has 0 aromatic carbocycles. The van der Waals surface area contributed by atoms with Crippen LogP contribution >= 0.6 is 0 Å². The van der Waals surface area contributed by atoms with E-state index < -0.39 is 11.9 Å². The summed E-state index contributed by atoms with van der Waals surface area (Å²) in [5.74, 6) is -1.34. The van der Waals surface area contributed by atoms with Crippen LogP contribution in [-0.4, -0.2) is 22.2 Å². The highest BCUT2D eigenvalue weighted by Crippen LogP contribution is 2.21. The summed E-state index contributed by atoms with van der Waals surface area (Å²) < 4.78 is 0. The smallest absolute Gasteiger partial charge is 0.306 e. The minimum absolute atomic E-state index is 0.112. The Hall–Kier alpha value is -1.84. The van der Waals surface area contributed by atoms with Gasteiger partial charge >= 0.3 is 11.9 Å². The summed E-state index contributed by atoms with van der Waals surface area (Å²) in [6.07, 6.45) is 77.9. The highest BCUT2D eigenvalue weighted by Gasteiger charge is 2.16. The van der Waals surface area contributed by atoms with Crippen molar-refractivity contribution in [3.8, 4) is 0 Å². The van der Waals surface area contributed by atoms with Crippen LogP contribution in [-0.2, 0) is 9.59 Å². The number of rotatable bonds is 54. The molecule has 390 valence electrons. The minimum atomic E-state index is -0.664. The molecule has 0 spiro atoms. The van der Waals surface area contributed by atoms with Crippen molar-refractivity contribution in [3.63, 3.8) is 0 Å². The van der Waals surface area contributed by atoms with Crippen molar-refractivity contribution in [1.29, 1.82) is 0 Å². The van der Waals surface area contributed by atoms with E-state index in [0.717, 1.165) is 38.5 Å². The normalized spacial score (nSPS) is 12.2. The second-order valence-corrected chi connectivity index (χ2v) is 20.3. The molecular formula is C62H118O4. The van der Waals surface area contributed by atoms with Crippen molar-refractivity contribution < 1.29 is 19.8 Å². The zero-order valence-corrected chi connectivity index (χ0v) is 45.1. The standard InChI is InChI=1S/C44H84O2.C18H34O2/c1-3-5-7-9-11-13-15-17-19-21-23-24-26-28-30-32-34-36-38-40-42-43(44(45)46)41-39-37-35-33-31-29-27-25-22-20-18-16-14-12-10-8-6-4-2;1-2-3-4-5-6-7-8-9-10-11-12-13-14-15-16-17-18(19)20/h17-20,43H,3-16,21-42H2,1-2H3,(H,45,46);9-10H,2-8,11-17H2,1H3,(H,19,20)/b19-17-,20-18-;10-9-. The molecule has 0 amide bonds. The highest BCUT2D eigenvalue weighted by molar-refractivity contribution is 5.69. The fourth-order valence-corrected chi connectivity index (χ4v) is 9.08. The number of carbonyl (C=O) groups is 2. The van der Waals surface area contributed by atoms with Gasteiger partial charge in [-0.1, -0.05) is 276 Å². The first kappa shape index (κ1) is 66.2. The Morgan fingerprint density at radius 3 is 0.697 bits per heavy atom. The molecule has 0 radical (unpaired) electrons. The van der Waals surface area contributed by atoms with Crippen LogP contribution in [0.4, 0.5) is 0 Å². The molecular weight excluding hydrogens is 809 g/mol. The Morgan fingerprint density at radius 1 is 0.288 bits per heavy atom. The maximum absolute atomic E-state index is 11.7. The quantitative estimate of drug-likeness (QED) is 0.0471. The summed E-state index contributed by atoms with van der Waals surface area (Å²) in [6.45, 7) is 6.83. The van der Waals surface area contributed by atoms with Gasteiger partial charge in [0, 0.05) is 6.42 Å². The summed E-state index contributed by atoms with van der Waals surface area (Å²) in [5.41, 5.74) is 0. The van der Waals surface area contributed by atoms with Crippen molar-refractivity contribution in [2.75, 3.05) is 0 Å². The van der Waals surface area contributed by atoms with Gasteiger partial charge in [0.1, 0.15) is 0 Å². The molecule has 1 atom stereocenters. The lowest BCUT2D eigenvalue weighted by molar-refractivity contribution is -0.142. The monoisotopic (exact) mass is 927 g/mol. The Bertz CT molecular complexity index is 1010. The second kappa shape index (κ2) is 61.2. The molecule has 1 unspecified atom stereocenters. The van der Waals surface area contributed by atoms with Gasteiger partial charge in [0.05, 0.1) is 5.92 Å². The first-order valence-electron chi connectivity index (χ1n) is 29.9. The van der Waals surface area contributed by atoms with E-state index in [2.05, 4.69) is 57.2 Å². The van der Waals surface area contributed by atoms with Gasteiger partial charge in [-0.25, -0.2) is 0 Å². The fourth-order valence-electron chi connectivity index (χ4n) is 9.08. The third kappa shape index (κ3) is 62.2. The molecule has 4 nitrogen and oxygen atoms in total. The zero-order valence-electron chi connectivity index (χ0n) is 45.1. The first-order valence-corrected chi connectivity index (χ1v) is 29.9. The van der Waals surface area contributed by atoms with E-state index in [1.54, 1.807) is 0 Å². The van der Waals surface area contributed by atoms with Crippen LogP contribution in [0.2, 0.25) is 0 Å². The van der Waals surface area contributed by atoms with Gasteiger partial charge in [-0.2, -0.15) is 0 Å². The number of allylic oxidation sites excluding steroid dienone is 6. The Balaban J connectivity index is 0. The second-order valence-electron chi connectivity index (χ2n) is 20.3. The van der Waals surface area contributed by atoms with Gasteiger partial charge < -0.3 is 10.2 Å². The summed E-state index contributed by atoms with van der Waals surface area (Å²) in [5, 5.41) is 18.2. The Morgan fingerprint density at radius 2 is 0.485 bits per heavy atom. The van der Waals surface area contributed by atoms with Crippen LogP contribution in [0.1, 0.15) is 342 Å². The largest absolute Gasteiger partial charge is 0.481 e. The Kier molecular flexibility index (Phi) is 61.4. The molecule has 0 aliphatic rings. The minimum Gasteiger partial charge on any atom is -0.481 e. The molecule has 2 N–H and O–H groups in total. The fraction of sp³-hybridized carbons (Fsp3) is 0.871. The van der Waals surface area contributed by atoms with E-state index in [0.29, 0.717) is 6.42 Å². The van der Waals surface area contributed by atoms with Crippen molar-refractivity contribution in [3.05, 3.63) is 36.5 Å². The third-order valence-corrected chi connectivity index (χ3v) is 13.6. The lowest BCUT2D eigenvalue weighted by Crippen LogP contribution is -2.13. The van der Waals surface area contributed by atoms with E-state index in [9.17, 15) is 14.7 Å². The molecule has 0 heterocycles. The van der Waals surface area contributed by atoms with Gasteiger partial charge in [0.15, 0.2) is 0 Å². The zero-order chi connectivity index (χ0) is 48.3. The van der Waals surface area contributed by atoms with E-state index >= 15 is 0 Å². The molecule has 0 saturated heterocycles. The molecule has 0 bridgehead atoms. The molecule has 0 aromatic heterocycles. The molecule has 0 fully saturated rings. The average molecular weight is 928 g/mol. The summed E-state index contributed by atoms with van der Waals surface area (Å²) in [6, 6.07) is 0. The lowest BCUT2D eigenvalue weighted by atomic mass is 9.94. The summed E-state index contributed by atoms with van der Waals surface area (Å²) in [7, 11) is 0. The van der Waals surface area contributed by atoms with Crippen molar-refractivity contribution in [2.45, 2.75) is 342 Å². The van der Waals surface area contributed by atoms with Gasteiger partial charge in [-0.05, 0) is 96.3 Å². The van der Waals surface area contributed by atoms with Gasteiger partial charge in [-0.3, -0.25) is 9.59 Å². The molecule has 0 aliphatic heterocycles. The molecule has 0 rings (SSSR count). The third-order valence-electron chi connectivity index (χ3n) is 13.6. The molecule has 0 saturated carbocycles. The van der Waals surface area contributed by atoms with E-state index in [1.165, 1.54) is 276 Å². The van der Waals surface area contributed by atoms with Crippen LogP contribution in [0.25, 0.3) is 0 Å². The van der Waals surface area contributed by atoms with Crippen molar-refractivity contribution >= 4 is 11.9 Å². The van der Waals surface area contributed by atoms with Crippen LogP contribution in [0.5, 0.6) is 0 Å². The molecule has 66 heavy (non-hydrogen) atoms. The maximum Gasteiger partial charge on any atom is 0.306 e. The maximum atomic E-state index is 11.7. The highest BCUT2D eigenvalue weighted by atomic mass is 16.4. The van der Waals surface area contributed by atoms with Gasteiger partial charge in [0.25, 0.3) is 0 Å². The summed E-state index contributed by atoms with van der Waals surface area (Å²) in [4.78, 5) is 22.1. The lowest BCUT2D eigenvalue weighted by Gasteiger charge is -2.12. The van der Waals surface area contributed by atoms with E-state index in [1.807, 2.05) is 0 Å². The molecule has 0 aliphatic carbocycles.